The van der Waals surface area contributed by atoms with Gasteiger partial charge in [-0.3, -0.25) is 4.42 Å². The lowest BCUT2D eigenvalue weighted by Gasteiger charge is -2.16. The van der Waals surface area contributed by atoms with Gasteiger partial charge in [-0.05, 0) is 19.9 Å². The lowest BCUT2D eigenvalue weighted by atomic mass is 10.4. The number of allylic oxidation sites excluding steroid dienone is 1. The predicted molar refractivity (Wildman–Crippen MR) is 53.8 cm³/mol. The predicted octanol–water partition coefficient (Wildman–Crippen LogP) is 1.68. The quantitative estimate of drug-likeness (QED) is 0.666. The van der Waals surface area contributed by atoms with Crippen LogP contribution in [-0.4, -0.2) is 24.6 Å². The summed E-state index contributed by atoms with van der Waals surface area (Å²) < 4.78 is 24.6. The van der Waals surface area contributed by atoms with Crippen LogP contribution in [0.25, 0.3) is 0 Å². The smallest absolute Gasteiger partial charge is 0.182 e. The molecule has 0 bridgehead atoms. The second kappa shape index (κ2) is 3.72. The Kier molecular flexibility index (Phi) is 3.03. The topological polar surface area (TPSA) is 37.4 Å². The van der Waals surface area contributed by atoms with Crippen LogP contribution in [-0.2, 0) is 9.84 Å². The van der Waals surface area contributed by atoms with Crippen LogP contribution in [0.5, 0.6) is 0 Å². The Bertz CT molecular complexity index is 343. The van der Waals surface area contributed by atoms with E-state index in [0.29, 0.717) is 6.54 Å². The molecule has 0 N–H and O–H groups in total. The summed E-state index contributed by atoms with van der Waals surface area (Å²) in [5, 5.41) is -0.411. The van der Waals surface area contributed by atoms with Gasteiger partial charge in [0.15, 0.2) is 9.84 Å². The van der Waals surface area contributed by atoms with Crippen molar-refractivity contribution in [3.63, 3.8) is 0 Å². The largest absolute Gasteiger partial charge is 0.287 e. The first-order chi connectivity index (χ1) is 5.94. The average molecular weight is 222 g/mol. The summed E-state index contributed by atoms with van der Waals surface area (Å²) in [4.78, 5) is 0.281. The summed E-state index contributed by atoms with van der Waals surface area (Å²) in [5.41, 5.74) is 0. The zero-order valence-electron chi connectivity index (χ0n) is 7.57. The van der Waals surface area contributed by atoms with Crippen molar-refractivity contribution in [2.45, 2.75) is 19.1 Å². The van der Waals surface area contributed by atoms with E-state index in [1.807, 2.05) is 0 Å². The van der Waals surface area contributed by atoms with Crippen molar-refractivity contribution in [1.82, 2.24) is 4.42 Å². The van der Waals surface area contributed by atoms with E-state index in [2.05, 4.69) is 0 Å². The summed E-state index contributed by atoms with van der Waals surface area (Å²) in [7, 11) is -3.18. The van der Waals surface area contributed by atoms with Crippen molar-refractivity contribution in [2.24, 2.45) is 0 Å². The number of hydrogen-bond acceptors (Lipinski definition) is 3. The number of halogens is 1. The first-order valence-electron chi connectivity index (χ1n) is 3.99. The molecule has 13 heavy (non-hydrogen) atoms. The number of hydrogen-bond donors (Lipinski definition) is 0. The highest BCUT2D eigenvalue weighted by Crippen LogP contribution is 2.19. The lowest BCUT2D eigenvalue weighted by Crippen LogP contribution is -2.19. The molecule has 0 atom stereocenters. The van der Waals surface area contributed by atoms with Crippen molar-refractivity contribution < 1.29 is 8.42 Å². The van der Waals surface area contributed by atoms with Gasteiger partial charge in [-0.2, -0.15) is 0 Å². The van der Waals surface area contributed by atoms with E-state index in [-0.39, 0.29) is 4.91 Å². The maximum Gasteiger partial charge on any atom is 0.182 e. The minimum Gasteiger partial charge on any atom is -0.287 e. The monoisotopic (exact) mass is 221 g/mol. The molecule has 0 aromatic carbocycles. The first kappa shape index (κ1) is 10.6. The molecule has 1 rings (SSSR count). The highest BCUT2D eigenvalue weighted by molar-refractivity contribution is 7.96. The van der Waals surface area contributed by atoms with Crippen LogP contribution in [0, 0.1) is 0 Å². The normalized spacial score (nSPS) is 17.8. The van der Waals surface area contributed by atoms with Crippen LogP contribution in [0.15, 0.2) is 23.3 Å². The summed E-state index contributed by atoms with van der Waals surface area (Å²) >= 11 is 5.66. The van der Waals surface area contributed by atoms with Crippen LogP contribution in [0.3, 0.4) is 0 Å². The van der Waals surface area contributed by atoms with E-state index in [1.165, 1.54) is 10.6 Å². The Morgan fingerprint density at radius 1 is 1.54 bits per heavy atom. The van der Waals surface area contributed by atoms with Gasteiger partial charge in [0.2, 0.25) is 0 Å². The second-order valence-electron chi connectivity index (χ2n) is 3.11. The van der Waals surface area contributed by atoms with Gasteiger partial charge < -0.3 is 0 Å². The Morgan fingerprint density at radius 3 is 2.62 bits per heavy atom. The molecule has 5 heteroatoms. The third-order valence-electron chi connectivity index (χ3n) is 1.78. The fourth-order valence-corrected chi connectivity index (χ4v) is 2.29. The van der Waals surface area contributed by atoms with Crippen LogP contribution in [0.4, 0.5) is 0 Å². The molecular weight excluding hydrogens is 210 g/mol. The highest BCUT2D eigenvalue weighted by Gasteiger charge is 2.22. The van der Waals surface area contributed by atoms with E-state index < -0.39 is 15.1 Å². The van der Waals surface area contributed by atoms with Gasteiger partial charge in [0.25, 0.3) is 0 Å². The summed E-state index contributed by atoms with van der Waals surface area (Å²) in [6.07, 6.45) is 4.76. The molecule has 0 aromatic rings. The first-order valence-corrected chi connectivity index (χ1v) is 5.87. The molecule has 1 aliphatic rings. The molecule has 0 saturated carbocycles. The Balaban J connectivity index is 3.02. The van der Waals surface area contributed by atoms with E-state index in [1.54, 1.807) is 26.0 Å². The third-order valence-corrected chi connectivity index (χ3v) is 4.15. The molecule has 0 radical (unpaired) electrons. The second-order valence-corrected chi connectivity index (χ2v) is 6.05. The third kappa shape index (κ3) is 2.25. The number of rotatable bonds is 2. The molecule has 0 amide bonds. The van der Waals surface area contributed by atoms with Gasteiger partial charge >= 0.3 is 0 Å². The van der Waals surface area contributed by atoms with Gasteiger partial charge in [-0.1, -0.05) is 6.08 Å². The van der Waals surface area contributed by atoms with Crippen molar-refractivity contribution >= 4 is 21.6 Å². The Morgan fingerprint density at radius 2 is 2.15 bits per heavy atom. The molecule has 0 unspecified atom stereocenters. The Hall–Kier alpha value is -0.480. The van der Waals surface area contributed by atoms with Crippen LogP contribution < -0.4 is 0 Å². The highest BCUT2D eigenvalue weighted by atomic mass is 35.5. The molecular formula is C8H12ClNO2S. The fraction of sp³-hybridized carbons (Fsp3) is 0.500. The fourth-order valence-electron chi connectivity index (χ4n) is 0.944. The van der Waals surface area contributed by atoms with E-state index in [9.17, 15) is 8.42 Å². The van der Waals surface area contributed by atoms with Gasteiger partial charge in [0.1, 0.15) is 0 Å². The Labute approximate surface area is 83.7 Å². The average Bonchev–Trinajstić information content (AvgIpc) is 2.04. The SMILES string of the molecule is CC(C)S(=O)(=O)C1=CN(Cl)CC=C1. The van der Waals surface area contributed by atoms with Crippen LogP contribution in [0.2, 0.25) is 0 Å². The summed E-state index contributed by atoms with van der Waals surface area (Å²) in [5.74, 6) is 0. The maximum absolute atomic E-state index is 11.6. The molecule has 0 fully saturated rings. The molecule has 1 aliphatic heterocycles. The van der Waals surface area contributed by atoms with E-state index in [0.717, 1.165) is 0 Å². The molecule has 3 nitrogen and oxygen atoms in total. The van der Waals surface area contributed by atoms with Crippen molar-refractivity contribution in [2.75, 3.05) is 6.54 Å². The molecule has 74 valence electrons. The molecule has 1 heterocycles. The molecule has 0 aromatic heterocycles. The molecule has 0 saturated heterocycles. The standard InChI is InChI=1S/C8H12ClNO2S/c1-7(2)13(11,12)8-4-3-5-10(9)6-8/h3-4,6-7H,5H2,1-2H3. The van der Waals surface area contributed by atoms with Gasteiger partial charge in [0.05, 0.1) is 16.7 Å². The minimum absolute atomic E-state index is 0.281. The van der Waals surface area contributed by atoms with Gasteiger partial charge in [-0.15, -0.1) is 0 Å². The van der Waals surface area contributed by atoms with Crippen molar-refractivity contribution in [3.8, 4) is 0 Å². The summed E-state index contributed by atoms with van der Waals surface area (Å²) in [6.45, 7) is 3.84. The van der Waals surface area contributed by atoms with Crippen LogP contribution in [0.1, 0.15) is 13.8 Å². The number of nitrogens with zero attached hydrogens (tertiary/aromatic N) is 1. The lowest BCUT2D eigenvalue weighted by molar-refractivity contribution is 0.591. The number of sulfone groups is 1. The van der Waals surface area contributed by atoms with Gasteiger partial charge in [-0.25, -0.2) is 8.42 Å². The van der Waals surface area contributed by atoms with E-state index >= 15 is 0 Å². The van der Waals surface area contributed by atoms with Crippen molar-refractivity contribution in [1.29, 1.82) is 0 Å². The zero-order valence-corrected chi connectivity index (χ0v) is 9.14. The summed E-state index contributed by atoms with van der Waals surface area (Å²) in [6, 6.07) is 0. The van der Waals surface area contributed by atoms with Crippen LogP contribution >= 0.6 is 11.8 Å². The molecule has 0 aliphatic carbocycles. The van der Waals surface area contributed by atoms with E-state index in [4.69, 9.17) is 11.8 Å². The zero-order chi connectivity index (χ0) is 10.1. The van der Waals surface area contributed by atoms with Crippen molar-refractivity contribution in [3.05, 3.63) is 23.3 Å². The maximum atomic E-state index is 11.6. The van der Waals surface area contributed by atoms with Gasteiger partial charge in [0, 0.05) is 18.0 Å². The minimum atomic E-state index is -3.18. The molecule has 0 spiro atoms.